The average Bonchev–Trinajstić information content (AvgIpc) is 3.45. The molecule has 5 rings (SSSR count). The number of ether oxygens (including phenoxy) is 1. The van der Waals surface area contributed by atoms with Crippen LogP contribution in [-0.4, -0.2) is 44.7 Å². The summed E-state index contributed by atoms with van der Waals surface area (Å²) in [4.78, 5) is 45.2. The molecular weight excluding hydrogens is 470 g/mol. The van der Waals surface area contributed by atoms with Crippen LogP contribution in [0.5, 0.6) is 0 Å². The molecule has 1 aliphatic heterocycles. The number of rotatable bonds is 4. The Morgan fingerprint density at radius 3 is 2.60 bits per heavy atom. The highest BCUT2D eigenvalue weighted by Crippen LogP contribution is 2.45. The number of carbonyl (C=O) groups excluding carboxylic acids is 3. The van der Waals surface area contributed by atoms with E-state index in [2.05, 4.69) is 15.4 Å². The second kappa shape index (κ2) is 8.81. The van der Waals surface area contributed by atoms with Crippen molar-refractivity contribution in [3.8, 4) is 5.82 Å². The van der Waals surface area contributed by atoms with Gasteiger partial charge in [0.2, 0.25) is 0 Å². The summed E-state index contributed by atoms with van der Waals surface area (Å²) in [6, 6.07) is 12.2. The van der Waals surface area contributed by atoms with Crippen LogP contribution in [0, 0.1) is 13.8 Å². The molecule has 0 saturated heterocycles. The lowest BCUT2D eigenvalue weighted by Crippen LogP contribution is -2.61. The Bertz CT molecular complexity index is 1350. The van der Waals surface area contributed by atoms with Crippen molar-refractivity contribution in [1.82, 2.24) is 14.8 Å². The molecule has 2 amide bonds. The van der Waals surface area contributed by atoms with Crippen molar-refractivity contribution in [2.24, 2.45) is 0 Å². The van der Waals surface area contributed by atoms with Crippen molar-refractivity contribution in [2.45, 2.75) is 45.1 Å². The maximum absolute atomic E-state index is 13.4. The summed E-state index contributed by atoms with van der Waals surface area (Å²) in [6.45, 7) is 3.18. The van der Waals surface area contributed by atoms with Crippen LogP contribution in [0.15, 0.2) is 42.5 Å². The van der Waals surface area contributed by atoms with E-state index in [1.54, 1.807) is 35.0 Å². The lowest BCUT2D eigenvalue weighted by molar-refractivity contribution is -0.129. The van der Waals surface area contributed by atoms with E-state index >= 15 is 0 Å². The number of anilines is 2. The third-order valence-electron chi connectivity index (χ3n) is 6.50. The molecule has 3 aromatic rings. The normalized spacial score (nSPS) is 16.2. The molecule has 0 unspecified atom stereocenters. The van der Waals surface area contributed by atoms with Gasteiger partial charge in [-0.1, -0.05) is 36.6 Å². The number of pyridine rings is 1. The average molecular weight is 494 g/mol. The van der Waals surface area contributed by atoms with Crippen LogP contribution in [0.3, 0.4) is 0 Å². The zero-order valence-corrected chi connectivity index (χ0v) is 20.1. The number of fused-ring (bicyclic) bond motifs is 1. The molecule has 1 aliphatic carbocycles. The predicted molar refractivity (Wildman–Crippen MR) is 130 cm³/mol. The number of para-hydroxylation sites is 2. The molecule has 0 bridgehead atoms. The number of aromatic nitrogens is 3. The number of halogens is 1. The molecule has 9 nitrogen and oxygen atoms in total. The summed E-state index contributed by atoms with van der Waals surface area (Å²) in [6.07, 6.45) is 2.76. The topological polar surface area (TPSA) is 106 Å². The van der Waals surface area contributed by atoms with Gasteiger partial charge in [-0.05, 0) is 57.0 Å². The lowest BCUT2D eigenvalue weighted by Gasteiger charge is -2.44. The molecule has 10 heteroatoms. The first-order valence-corrected chi connectivity index (χ1v) is 11.8. The third-order valence-corrected chi connectivity index (χ3v) is 6.81. The fourth-order valence-corrected chi connectivity index (χ4v) is 5.13. The van der Waals surface area contributed by atoms with Gasteiger partial charge in [0.1, 0.15) is 5.54 Å². The van der Waals surface area contributed by atoms with Crippen LogP contribution in [0.2, 0.25) is 5.02 Å². The minimum absolute atomic E-state index is 0.0997. The highest BCUT2D eigenvalue weighted by atomic mass is 35.5. The van der Waals surface area contributed by atoms with Crippen molar-refractivity contribution in [2.75, 3.05) is 16.8 Å². The molecule has 1 aromatic carbocycles. The number of esters is 1. The van der Waals surface area contributed by atoms with Gasteiger partial charge in [0.05, 0.1) is 22.1 Å². The predicted octanol–water partition coefficient (Wildman–Crippen LogP) is 3.99. The monoisotopic (exact) mass is 493 g/mol. The van der Waals surface area contributed by atoms with E-state index in [4.69, 9.17) is 16.3 Å². The summed E-state index contributed by atoms with van der Waals surface area (Å²) >= 11 is 6.23. The molecule has 1 fully saturated rings. The molecule has 2 aliphatic rings. The maximum atomic E-state index is 13.4. The zero-order valence-electron chi connectivity index (χ0n) is 19.4. The van der Waals surface area contributed by atoms with Gasteiger partial charge < -0.3 is 10.1 Å². The fraction of sp³-hybridized carbons (Fsp3) is 0.320. The van der Waals surface area contributed by atoms with Crippen molar-refractivity contribution < 1.29 is 19.1 Å². The second-order valence-corrected chi connectivity index (χ2v) is 9.26. The first kappa shape index (κ1) is 23.0. The van der Waals surface area contributed by atoms with Gasteiger partial charge in [0.25, 0.3) is 11.8 Å². The smallest absolute Gasteiger partial charge is 0.359 e. The van der Waals surface area contributed by atoms with E-state index in [0.29, 0.717) is 30.0 Å². The number of benzene rings is 1. The Morgan fingerprint density at radius 1 is 1.14 bits per heavy atom. The van der Waals surface area contributed by atoms with Crippen LogP contribution in [0.25, 0.3) is 5.82 Å². The third kappa shape index (κ3) is 3.95. The number of hydrogen-bond acceptors (Lipinski definition) is 6. The Labute approximate surface area is 207 Å². The number of carbonyl (C=O) groups is 3. The minimum atomic E-state index is -0.983. The van der Waals surface area contributed by atoms with Gasteiger partial charge in [-0.3, -0.25) is 14.5 Å². The Kier molecular flexibility index (Phi) is 5.80. The highest BCUT2D eigenvalue weighted by molar-refractivity contribution is 6.33. The van der Waals surface area contributed by atoms with Gasteiger partial charge >= 0.3 is 5.97 Å². The van der Waals surface area contributed by atoms with Crippen LogP contribution < -0.4 is 10.2 Å². The minimum Gasteiger partial charge on any atom is -0.451 e. The number of amides is 2. The Morgan fingerprint density at radius 2 is 1.89 bits per heavy atom. The highest BCUT2D eigenvalue weighted by Gasteiger charge is 2.52. The van der Waals surface area contributed by atoms with Gasteiger partial charge in [0, 0.05) is 5.69 Å². The zero-order chi connectivity index (χ0) is 24.7. The van der Waals surface area contributed by atoms with Gasteiger partial charge in [0.15, 0.2) is 18.1 Å². The van der Waals surface area contributed by atoms with Crippen LogP contribution >= 0.6 is 11.6 Å². The van der Waals surface area contributed by atoms with E-state index in [1.165, 1.54) is 11.0 Å². The molecule has 1 spiro atoms. The molecule has 2 aromatic heterocycles. The summed E-state index contributed by atoms with van der Waals surface area (Å²) in [5.41, 5.74) is 1.70. The summed E-state index contributed by atoms with van der Waals surface area (Å²) < 4.78 is 6.96. The van der Waals surface area contributed by atoms with Crippen LogP contribution in [0.1, 0.15) is 47.6 Å². The largest absolute Gasteiger partial charge is 0.451 e. The van der Waals surface area contributed by atoms with Gasteiger partial charge in [-0.2, -0.15) is 5.10 Å². The Balaban J connectivity index is 1.39. The number of aryl methyl sites for hydroxylation is 2. The van der Waals surface area contributed by atoms with Crippen molar-refractivity contribution >= 4 is 40.8 Å². The standard InChI is InChI=1S/C25H24ClN5O4/c1-15-13-16(2)31(29-15)20-10-9-17(26)22(28-20)23(33)35-14-21(32)30-19-8-4-3-7-18(19)27-24(34)25(30)11-5-6-12-25/h3-4,7-10,13H,5-6,11-12,14H2,1-2H3,(H,27,34). The summed E-state index contributed by atoms with van der Waals surface area (Å²) in [7, 11) is 0. The lowest BCUT2D eigenvalue weighted by atomic mass is 9.90. The van der Waals surface area contributed by atoms with E-state index in [0.717, 1.165) is 24.2 Å². The van der Waals surface area contributed by atoms with Crippen molar-refractivity contribution in [3.05, 3.63) is 64.6 Å². The number of nitrogens with zero attached hydrogens (tertiary/aromatic N) is 4. The molecular formula is C25H24ClN5O4. The van der Waals surface area contributed by atoms with E-state index in [9.17, 15) is 14.4 Å². The van der Waals surface area contributed by atoms with E-state index in [1.807, 2.05) is 19.9 Å². The molecule has 0 radical (unpaired) electrons. The molecule has 35 heavy (non-hydrogen) atoms. The summed E-state index contributed by atoms with van der Waals surface area (Å²) in [5, 5.41) is 7.40. The van der Waals surface area contributed by atoms with E-state index < -0.39 is 24.0 Å². The molecule has 180 valence electrons. The second-order valence-electron chi connectivity index (χ2n) is 8.85. The molecule has 3 heterocycles. The first-order chi connectivity index (χ1) is 16.8. The molecule has 1 saturated carbocycles. The van der Waals surface area contributed by atoms with E-state index in [-0.39, 0.29) is 16.6 Å². The van der Waals surface area contributed by atoms with Gasteiger partial charge in [-0.15, -0.1) is 0 Å². The Hall–Kier alpha value is -3.72. The van der Waals surface area contributed by atoms with Crippen molar-refractivity contribution in [3.63, 3.8) is 0 Å². The summed E-state index contributed by atoms with van der Waals surface area (Å²) in [5.74, 6) is -1.11. The molecule has 0 atom stereocenters. The SMILES string of the molecule is Cc1cc(C)n(-c2ccc(Cl)c(C(=O)OCC(=O)N3c4ccccc4NC(=O)C34CCCC4)n2)n1. The maximum Gasteiger partial charge on any atom is 0.359 e. The van der Waals surface area contributed by atoms with Crippen molar-refractivity contribution in [1.29, 1.82) is 0 Å². The van der Waals surface area contributed by atoms with Gasteiger partial charge in [-0.25, -0.2) is 14.5 Å². The number of hydrogen-bond donors (Lipinski definition) is 1. The first-order valence-electron chi connectivity index (χ1n) is 11.4. The number of nitrogens with one attached hydrogen (secondary N) is 1. The fourth-order valence-electron chi connectivity index (χ4n) is 4.94. The van der Waals surface area contributed by atoms with Crippen LogP contribution in [0.4, 0.5) is 11.4 Å². The quantitative estimate of drug-likeness (QED) is 0.551. The van der Waals surface area contributed by atoms with Crippen LogP contribution in [-0.2, 0) is 14.3 Å². The molecule has 1 N–H and O–H groups in total.